The molecule has 0 atom stereocenters. The zero-order chi connectivity index (χ0) is 10.4. The molecule has 0 saturated carbocycles. The first-order valence-electron chi connectivity index (χ1n) is 4.27. The van der Waals surface area contributed by atoms with Gasteiger partial charge in [-0.15, -0.1) is 0 Å². The first kappa shape index (κ1) is 8.60. The lowest BCUT2D eigenvalue weighted by atomic mass is 10.5. The molecule has 0 saturated heterocycles. The van der Waals surface area contributed by atoms with Crippen molar-refractivity contribution in [3.05, 3.63) is 39.5 Å². The Hall–Kier alpha value is -1.69. The van der Waals surface area contributed by atoms with Gasteiger partial charge < -0.3 is 4.98 Å². The summed E-state index contributed by atoms with van der Waals surface area (Å²) in [4.78, 5) is 22.2. The maximum absolute atomic E-state index is 11.5. The lowest BCUT2D eigenvalue weighted by Gasteiger charge is -1.94. The van der Waals surface area contributed by atoms with Crippen LogP contribution < -0.4 is 5.56 Å². The number of nitrogens with zero attached hydrogens (tertiary/aromatic N) is 3. The fraction of sp³-hybridized carbons (Fsp3) is 0. The minimum Gasteiger partial charge on any atom is -0.311 e. The lowest BCUT2D eigenvalue weighted by Crippen LogP contribution is -2.06. The van der Waals surface area contributed by atoms with Crippen LogP contribution in [-0.4, -0.2) is 19.4 Å². The first-order valence-corrected chi connectivity index (χ1v) is 5.06. The number of nitrogens with one attached hydrogen (secondary N) is 1. The van der Waals surface area contributed by atoms with Crippen molar-refractivity contribution in [2.75, 3.05) is 0 Å². The minimum absolute atomic E-state index is 0.222. The third-order valence-corrected chi connectivity index (χ3v) is 2.62. The molecule has 3 rings (SSSR count). The number of pyridine rings is 1. The summed E-state index contributed by atoms with van der Waals surface area (Å²) >= 11 is 3.36. The number of halogens is 1. The number of rotatable bonds is 0. The van der Waals surface area contributed by atoms with Gasteiger partial charge in [0.1, 0.15) is 5.65 Å². The van der Waals surface area contributed by atoms with Gasteiger partial charge in [-0.05, 0) is 28.1 Å². The maximum Gasteiger partial charge on any atom is 0.278 e. The molecule has 0 fully saturated rings. The van der Waals surface area contributed by atoms with Crippen molar-refractivity contribution in [3.63, 3.8) is 0 Å². The predicted octanol–water partition coefficient (Wildman–Crippen LogP) is 1.33. The summed E-state index contributed by atoms with van der Waals surface area (Å²) in [5.74, 6) is 0. The van der Waals surface area contributed by atoms with Crippen molar-refractivity contribution in [1.82, 2.24) is 19.4 Å². The van der Waals surface area contributed by atoms with E-state index in [-0.39, 0.29) is 5.56 Å². The molecule has 0 spiro atoms. The van der Waals surface area contributed by atoms with Crippen molar-refractivity contribution in [2.45, 2.75) is 0 Å². The van der Waals surface area contributed by atoms with Crippen LogP contribution in [0, 0.1) is 0 Å². The van der Waals surface area contributed by atoms with Gasteiger partial charge >= 0.3 is 0 Å². The molecule has 5 nitrogen and oxygen atoms in total. The molecular formula is C9H5BrN4O. The van der Waals surface area contributed by atoms with Gasteiger partial charge in [0.25, 0.3) is 5.56 Å². The van der Waals surface area contributed by atoms with E-state index in [0.29, 0.717) is 16.8 Å². The first-order chi connectivity index (χ1) is 7.25. The van der Waals surface area contributed by atoms with Crippen LogP contribution in [0.1, 0.15) is 0 Å². The van der Waals surface area contributed by atoms with Crippen LogP contribution in [0.3, 0.4) is 0 Å². The van der Waals surface area contributed by atoms with E-state index in [9.17, 15) is 4.79 Å². The SMILES string of the molecule is O=c1[nH]cnc2c1nc1ccc(Br)cn12. The molecule has 0 aromatic carbocycles. The summed E-state index contributed by atoms with van der Waals surface area (Å²) in [6.45, 7) is 0. The van der Waals surface area contributed by atoms with Crippen LogP contribution in [0.25, 0.3) is 16.8 Å². The number of imidazole rings is 1. The second-order valence-electron chi connectivity index (χ2n) is 3.09. The second kappa shape index (κ2) is 2.90. The van der Waals surface area contributed by atoms with Crippen molar-refractivity contribution < 1.29 is 0 Å². The Morgan fingerprint density at radius 2 is 2.27 bits per heavy atom. The van der Waals surface area contributed by atoms with Gasteiger partial charge in [-0.2, -0.15) is 0 Å². The van der Waals surface area contributed by atoms with Crippen LogP contribution in [0.5, 0.6) is 0 Å². The van der Waals surface area contributed by atoms with Gasteiger partial charge in [0.2, 0.25) is 0 Å². The molecule has 0 unspecified atom stereocenters. The van der Waals surface area contributed by atoms with Gasteiger partial charge in [-0.1, -0.05) is 0 Å². The molecule has 3 aromatic rings. The van der Waals surface area contributed by atoms with E-state index in [1.807, 2.05) is 18.3 Å². The Morgan fingerprint density at radius 3 is 3.13 bits per heavy atom. The van der Waals surface area contributed by atoms with Crippen LogP contribution in [0.15, 0.2) is 33.9 Å². The van der Waals surface area contributed by atoms with Crippen LogP contribution >= 0.6 is 15.9 Å². The number of fused-ring (bicyclic) bond motifs is 3. The lowest BCUT2D eigenvalue weighted by molar-refractivity contribution is 1.12. The summed E-state index contributed by atoms with van der Waals surface area (Å²) in [5, 5.41) is 0. The summed E-state index contributed by atoms with van der Waals surface area (Å²) in [6, 6.07) is 3.70. The Labute approximate surface area is 91.9 Å². The largest absolute Gasteiger partial charge is 0.311 e. The summed E-state index contributed by atoms with van der Waals surface area (Å²) in [5.41, 5.74) is 1.41. The molecule has 15 heavy (non-hydrogen) atoms. The number of hydrogen-bond donors (Lipinski definition) is 1. The van der Waals surface area contributed by atoms with E-state index in [2.05, 4.69) is 30.9 Å². The van der Waals surface area contributed by atoms with E-state index in [1.165, 1.54) is 6.33 Å². The van der Waals surface area contributed by atoms with Gasteiger partial charge in [-0.25, -0.2) is 9.97 Å². The van der Waals surface area contributed by atoms with E-state index in [4.69, 9.17) is 0 Å². The average molecular weight is 265 g/mol. The molecule has 0 bridgehead atoms. The molecule has 6 heteroatoms. The van der Waals surface area contributed by atoms with E-state index in [1.54, 1.807) is 4.40 Å². The van der Waals surface area contributed by atoms with Crippen molar-refractivity contribution in [2.24, 2.45) is 0 Å². The summed E-state index contributed by atoms with van der Waals surface area (Å²) in [7, 11) is 0. The highest BCUT2D eigenvalue weighted by molar-refractivity contribution is 9.10. The van der Waals surface area contributed by atoms with Gasteiger partial charge in [0, 0.05) is 10.7 Å². The average Bonchev–Trinajstić information content (AvgIpc) is 2.58. The molecule has 74 valence electrons. The zero-order valence-corrected chi connectivity index (χ0v) is 9.02. The van der Waals surface area contributed by atoms with E-state index < -0.39 is 0 Å². The molecule has 0 amide bonds. The minimum atomic E-state index is -0.222. The van der Waals surface area contributed by atoms with E-state index in [0.717, 1.165) is 4.47 Å². The monoisotopic (exact) mass is 264 g/mol. The number of aromatic amines is 1. The van der Waals surface area contributed by atoms with Gasteiger partial charge in [-0.3, -0.25) is 9.20 Å². The highest BCUT2D eigenvalue weighted by Crippen LogP contribution is 2.15. The fourth-order valence-corrected chi connectivity index (χ4v) is 1.84. The maximum atomic E-state index is 11.5. The van der Waals surface area contributed by atoms with Crippen LogP contribution in [0.4, 0.5) is 0 Å². The molecule has 3 heterocycles. The number of hydrogen-bond acceptors (Lipinski definition) is 3. The topological polar surface area (TPSA) is 63.0 Å². The Kier molecular flexibility index (Phi) is 1.66. The molecule has 3 aromatic heterocycles. The Balaban J connectivity index is 2.64. The van der Waals surface area contributed by atoms with Crippen molar-refractivity contribution >= 4 is 32.7 Å². The van der Waals surface area contributed by atoms with Crippen molar-refractivity contribution in [3.8, 4) is 0 Å². The summed E-state index contributed by atoms with van der Waals surface area (Å²) < 4.78 is 2.69. The quantitative estimate of drug-likeness (QED) is 0.667. The smallest absolute Gasteiger partial charge is 0.278 e. The second-order valence-corrected chi connectivity index (χ2v) is 4.01. The normalized spacial score (nSPS) is 11.3. The Bertz CT molecular complexity index is 715. The predicted molar refractivity (Wildman–Crippen MR) is 58.8 cm³/mol. The van der Waals surface area contributed by atoms with E-state index >= 15 is 0 Å². The van der Waals surface area contributed by atoms with Crippen molar-refractivity contribution in [1.29, 1.82) is 0 Å². The fourth-order valence-electron chi connectivity index (χ4n) is 1.50. The highest BCUT2D eigenvalue weighted by Gasteiger charge is 2.07. The Morgan fingerprint density at radius 1 is 1.40 bits per heavy atom. The van der Waals surface area contributed by atoms with Crippen LogP contribution in [-0.2, 0) is 0 Å². The molecule has 1 N–H and O–H groups in total. The molecule has 0 aliphatic rings. The molecule has 0 aliphatic carbocycles. The molecule has 0 aliphatic heterocycles. The summed E-state index contributed by atoms with van der Waals surface area (Å²) in [6.07, 6.45) is 3.21. The number of aromatic nitrogens is 4. The van der Waals surface area contributed by atoms with Gasteiger partial charge in [0.15, 0.2) is 11.2 Å². The highest BCUT2D eigenvalue weighted by atomic mass is 79.9. The molecular weight excluding hydrogens is 260 g/mol. The molecule has 0 radical (unpaired) electrons. The number of H-pyrrole nitrogens is 1. The standard InChI is InChI=1S/C9H5BrN4O/c10-5-1-2-6-13-7-8(14(6)3-5)11-4-12-9(7)15/h1-4H,(H,11,12,15). The van der Waals surface area contributed by atoms with Crippen LogP contribution in [0.2, 0.25) is 0 Å². The third kappa shape index (κ3) is 1.18. The zero-order valence-electron chi connectivity index (χ0n) is 7.44. The third-order valence-electron chi connectivity index (χ3n) is 2.15. The van der Waals surface area contributed by atoms with Gasteiger partial charge in [0.05, 0.1) is 6.33 Å².